The number of carbonyl (C=O) groups excluding carboxylic acids is 1. The van der Waals surface area contributed by atoms with Crippen LogP contribution in [0.2, 0.25) is 0 Å². The Morgan fingerprint density at radius 3 is 2.57 bits per heavy atom. The van der Waals surface area contributed by atoms with Crippen LogP contribution in [0.1, 0.15) is 17.3 Å². The molecule has 2 nitrogen and oxygen atoms in total. The molecule has 0 saturated heterocycles. The van der Waals surface area contributed by atoms with Crippen molar-refractivity contribution in [2.24, 2.45) is 0 Å². The van der Waals surface area contributed by atoms with E-state index in [-0.39, 0.29) is 5.91 Å². The van der Waals surface area contributed by atoms with Crippen molar-refractivity contribution in [2.75, 3.05) is 19.8 Å². The number of hydrogen-bond acceptors (Lipinski definition) is 2. The Hall–Kier alpha value is -0.960. The van der Waals surface area contributed by atoms with E-state index in [4.69, 9.17) is 0 Å². The molecule has 0 heterocycles. The van der Waals surface area contributed by atoms with E-state index in [1.165, 1.54) is 0 Å². The van der Waals surface area contributed by atoms with Gasteiger partial charge in [0.2, 0.25) is 0 Å². The van der Waals surface area contributed by atoms with Crippen molar-refractivity contribution < 1.29 is 4.79 Å². The maximum atomic E-state index is 11.8. The third-order valence-electron chi connectivity index (χ3n) is 1.82. The molecule has 0 aromatic heterocycles. The molecule has 0 spiro atoms. The van der Waals surface area contributed by atoms with Crippen molar-refractivity contribution >= 4 is 17.7 Å². The minimum Gasteiger partial charge on any atom is -0.345 e. The summed E-state index contributed by atoms with van der Waals surface area (Å²) in [6, 6.07) is 7.73. The highest BCUT2D eigenvalue weighted by atomic mass is 32.2. The van der Waals surface area contributed by atoms with Gasteiger partial charge in [0.25, 0.3) is 5.91 Å². The van der Waals surface area contributed by atoms with Gasteiger partial charge in [0, 0.05) is 19.0 Å². The van der Waals surface area contributed by atoms with Gasteiger partial charge in [0.05, 0.1) is 5.56 Å². The Balaban J connectivity index is 3.00. The zero-order valence-electron chi connectivity index (χ0n) is 8.78. The largest absolute Gasteiger partial charge is 0.345 e. The molecule has 0 saturated carbocycles. The van der Waals surface area contributed by atoms with Crippen molar-refractivity contribution in [3.05, 3.63) is 29.8 Å². The van der Waals surface area contributed by atoms with Gasteiger partial charge in [-0.15, -0.1) is 11.8 Å². The molecular weight excluding hydrogens is 194 g/mol. The highest BCUT2D eigenvalue weighted by Gasteiger charge is 2.11. The molecule has 0 aliphatic carbocycles. The van der Waals surface area contributed by atoms with Crippen LogP contribution in [0.3, 0.4) is 0 Å². The van der Waals surface area contributed by atoms with E-state index in [2.05, 4.69) is 6.92 Å². The lowest BCUT2D eigenvalue weighted by Gasteiger charge is -2.12. The molecule has 76 valence electrons. The average molecular weight is 209 g/mol. The van der Waals surface area contributed by atoms with Crippen LogP contribution in [0, 0.1) is 0 Å². The molecule has 0 bridgehead atoms. The van der Waals surface area contributed by atoms with Gasteiger partial charge in [0.1, 0.15) is 0 Å². The SMILES string of the molecule is CCSc1ccccc1C(=O)N(C)C. The molecule has 0 radical (unpaired) electrons. The third-order valence-corrected chi connectivity index (χ3v) is 2.78. The van der Waals surface area contributed by atoms with Gasteiger partial charge in [-0.2, -0.15) is 0 Å². The maximum Gasteiger partial charge on any atom is 0.254 e. The van der Waals surface area contributed by atoms with Crippen LogP contribution in [0.5, 0.6) is 0 Å². The van der Waals surface area contributed by atoms with Gasteiger partial charge in [-0.1, -0.05) is 19.1 Å². The predicted molar refractivity (Wildman–Crippen MR) is 60.9 cm³/mol. The summed E-state index contributed by atoms with van der Waals surface area (Å²) in [5.74, 6) is 1.05. The Bertz CT molecular complexity index is 323. The van der Waals surface area contributed by atoms with Gasteiger partial charge in [0.15, 0.2) is 0 Å². The van der Waals surface area contributed by atoms with Crippen LogP contribution in [-0.2, 0) is 0 Å². The molecule has 1 aromatic carbocycles. The minimum atomic E-state index is 0.0709. The van der Waals surface area contributed by atoms with Crippen LogP contribution in [0.4, 0.5) is 0 Å². The van der Waals surface area contributed by atoms with Crippen LogP contribution < -0.4 is 0 Å². The maximum absolute atomic E-state index is 11.8. The average Bonchev–Trinajstić information content (AvgIpc) is 2.18. The Kier molecular flexibility index (Phi) is 4.01. The van der Waals surface area contributed by atoms with Gasteiger partial charge in [-0.3, -0.25) is 4.79 Å². The summed E-state index contributed by atoms with van der Waals surface area (Å²) >= 11 is 1.70. The molecule has 0 fully saturated rings. The Labute approximate surface area is 89.3 Å². The van der Waals surface area contributed by atoms with Crippen molar-refractivity contribution in [2.45, 2.75) is 11.8 Å². The Morgan fingerprint density at radius 1 is 1.36 bits per heavy atom. The molecule has 3 heteroatoms. The lowest BCUT2D eigenvalue weighted by molar-refractivity contribution is 0.0824. The second-order valence-electron chi connectivity index (χ2n) is 3.13. The lowest BCUT2D eigenvalue weighted by Crippen LogP contribution is -2.22. The molecular formula is C11H15NOS. The Morgan fingerprint density at radius 2 is 2.00 bits per heavy atom. The number of carbonyl (C=O) groups is 1. The summed E-state index contributed by atoms with van der Waals surface area (Å²) in [6.07, 6.45) is 0. The smallest absolute Gasteiger partial charge is 0.254 e. The van der Waals surface area contributed by atoms with Gasteiger partial charge >= 0.3 is 0 Å². The van der Waals surface area contributed by atoms with Crippen LogP contribution >= 0.6 is 11.8 Å². The number of benzene rings is 1. The van der Waals surface area contributed by atoms with Gasteiger partial charge < -0.3 is 4.90 Å². The van der Waals surface area contributed by atoms with Crippen molar-refractivity contribution in [1.82, 2.24) is 4.90 Å². The number of thioether (sulfide) groups is 1. The van der Waals surface area contributed by atoms with E-state index in [0.717, 1.165) is 16.2 Å². The van der Waals surface area contributed by atoms with Crippen LogP contribution in [-0.4, -0.2) is 30.7 Å². The first-order valence-corrected chi connectivity index (χ1v) is 5.59. The predicted octanol–water partition coefficient (Wildman–Crippen LogP) is 2.50. The summed E-state index contributed by atoms with van der Waals surface area (Å²) in [7, 11) is 3.55. The van der Waals surface area contributed by atoms with E-state index in [1.54, 1.807) is 30.8 Å². The third kappa shape index (κ3) is 2.51. The molecule has 1 aromatic rings. The van der Waals surface area contributed by atoms with Crippen molar-refractivity contribution in [3.8, 4) is 0 Å². The fourth-order valence-corrected chi connectivity index (χ4v) is 1.96. The first kappa shape index (κ1) is 11.1. The second kappa shape index (κ2) is 5.05. The van der Waals surface area contributed by atoms with Gasteiger partial charge in [-0.05, 0) is 17.9 Å². The van der Waals surface area contributed by atoms with Crippen LogP contribution in [0.15, 0.2) is 29.2 Å². The quantitative estimate of drug-likeness (QED) is 0.713. The molecule has 0 aliphatic rings. The van der Waals surface area contributed by atoms with Crippen LogP contribution in [0.25, 0.3) is 0 Å². The number of rotatable bonds is 3. The van der Waals surface area contributed by atoms with E-state index in [1.807, 2.05) is 24.3 Å². The minimum absolute atomic E-state index is 0.0709. The number of amides is 1. The second-order valence-corrected chi connectivity index (χ2v) is 4.43. The molecule has 1 amide bonds. The first-order chi connectivity index (χ1) is 6.66. The van der Waals surface area contributed by atoms with E-state index < -0.39 is 0 Å². The van der Waals surface area contributed by atoms with E-state index in [9.17, 15) is 4.79 Å². The highest BCUT2D eigenvalue weighted by molar-refractivity contribution is 7.99. The molecule has 0 unspecified atom stereocenters. The number of hydrogen-bond donors (Lipinski definition) is 0. The van der Waals surface area contributed by atoms with E-state index >= 15 is 0 Å². The molecule has 0 atom stereocenters. The standard InChI is InChI=1S/C11H15NOS/c1-4-14-10-8-6-5-7-9(10)11(13)12(2)3/h5-8H,4H2,1-3H3. The highest BCUT2D eigenvalue weighted by Crippen LogP contribution is 2.22. The summed E-state index contributed by atoms with van der Waals surface area (Å²) in [4.78, 5) is 14.4. The summed E-state index contributed by atoms with van der Waals surface area (Å²) in [5, 5.41) is 0. The summed E-state index contributed by atoms with van der Waals surface area (Å²) < 4.78 is 0. The summed E-state index contributed by atoms with van der Waals surface area (Å²) in [6.45, 7) is 2.08. The zero-order valence-corrected chi connectivity index (χ0v) is 9.60. The lowest BCUT2D eigenvalue weighted by atomic mass is 10.2. The fraction of sp³-hybridized carbons (Fsp3) is 0.364. The zero-order chi connectivity index (χ0) is 10.6. The molecule has 0 N–H and O–H groups in total. The fourth-order valence-electron chi connectivity index (χ4n) is 1.17. The van der Waals surface area contributed by atoms with E-state index in [0.29, 0.717) is 0 Å². The normalized spacial score (nSPS) is 9.93. The van der Waals surface area contributed by atoms with Crippen molar-refractivity contribution in [1.29, 1.82) is 0 Å². The molecule has 0 aliphatic heterocycles. The monoisotopic (exact) mass is 209 g/mol. The molecule has 14 heavy (non-hydrogen) atoms. The molecule has 1 rings (SSSR count). The van der Waals surface area contributed by atoms with Gasteiger partial charge in [-0.25, -0.2) is 0 Å². The van der Waals surface area contributed by atoms with Crippen molar-refractivity contribution in [3.63, 3.8) is 0 Å². The topological polar surface area (TPSA) is 20.3 Å². The summed E-state index contributed by atoms with van der Waals surface area (Å²) in [5.41, 5.74) is 0.796. The first-order valence-electron chi connectivity index (χ1n) is 4.60. The number of nitrogens with zero attached hydrogens (tertiary/aromatic N) is 1.